The number of para-hydroxylation sites is 1. The van der Waals surface area contributed by atoms with Crippen LogP contribution in [0.2, 0.25) is 5.02 Å². The first kappa shape index (κ1) is 18.9. The number of hydrogen-bond acceptors (Lipinski definition) is 5. The van der Waals surface area contributed by atoms with Gasteiger partial charge in [0.15, 0.2) is 0 Å². The van der Waals surface area contributed by atoms with Crippen molar-refractivity contribution in [1.29, 1.82) is 0 Å². The van der Waals surface area contributed by atoms with E-state index in [2.05, 4.69) is 0 Å². The van der Waals surface area contributed by atoms with E-state index in [0.29, 0.717) is 23.0 Å². The highest BCUT2D eigenvalue weighted by Crippen LogP contribution is 2.60. The van der Waals surface area contributed by atoms with Gasteiger partial charge in [-0.3, -0.25) is 4.79 Å². The summed E-state index contributed by atoms with van der Waals surface area (Å²) in [6.45, 7) is 1.96. The Morgan fingerprint density at radius 1 is 1.38 bits per heavy atom. The number of halogens is 1. The van der Waals surface area contributed by atoms with Gasteiger partial charge in [0, 0.05) is 20.6 Å². The summed E-state index contributed by atoms with van der Waals surface area (Å²) in [6, 6.07) is 7.26. The lowest BCUT2D eigenvalue weighted by Gasteiger charge is -2.26. The standard InChI is InChI=1S/C13H19ClNO3PS2/c1-4-7-13(16)15(10-21-19(20,17-2)18-3)12-9-6-5-8-11(12)14/h5-6,8-9H,4,7,10H2,1-3H3. The van der Waals surface area contributed by atoms with Crippen molar-refractivity contribution in [2.45, 2.75) is 19.8 Å². The molecule has 0 heterocycles. The lowest BCUT2D eigenvalue weighted by Crippen LogP contribution is -2.30. The molecule has 0 saturated carbocycles. The van der Waals surface area contributed by atoms with Crippen LogP contribution in [-0.2, 0) is 25.6 Å². The first-order chi connectivity index (χ1) is 9.97. The third kappa shape index (κ3) is 5.55. The summed E-state index contributed by atoms with van der Waals surface area (Å²) in [5, 5.41) is 0.533. The predicted octanol–water partition coefficient (Wildman–Crippen LogP) is 4.68. The molecule has 4 nitrogen and oxygen atoms in total. The first-order valence-electron chi connectivity index (χ1n) is 6.38. The topological polar surface area (TPSA) is 38.8 Å². The quantitative estimate of drug-likeness (QED) is 0.492. The van der Waals surface area contributed by atoms with E-state index in [1.807, 2.05) is 25.1 Å². The van der Waals surface area contributed by atoms with Gasteiger partial charge in [0.2, 0.25) is 11.6 Å². The SMILES string of the molecule is CCCC(=O)N(CSP(=S)(OC)OC)c1ccccc1Cl. The van der Waals surface area contributed by atoms with E-state index in [4.69, 9.17) is 32.5 Å². The predicted molar refractivity (Wildman–Crippen MR) is 94.6 cm³/mol. The Bertz CT molecular complexity index is 522. The van der Waals surface area contributed by atoms with E-state index in [0.717, 1.165) is 6.42 Å². The summed E-state index contributed by atoms with van der Waals surface area (Å²) >= 11 is 12.8. The smallest absolute Gasteiger partial charge is 0.248 e. The number of nitrogens with zero attached hydrogens (tertiary/aromatic N) is 1. The molecular formula is C13H19ClNO3PS2. The maximum Gasteiger partial charge on any atom is 0.248 e. The molecule has 0 unspecified atom stereocenters. The average molecular weight is 368 g/mol. The number of anilines is 1. The minimum Gasteiger partial charge on any atom is -0.325 e. The average Bonchev–Trinajstić information content (AvgIpc) is 2.49. The van der Waals surface area contributed by atoms with Gasteiger partial charge < -0.3 is 13.9 Å². The lowest BCUT2D eigenvalue weighted by atomic mass is 10.2. The monoisotopic (exact) mass is 367 g/mol. The Hall–Kier alpha value is -0.100. The molecule has 1 aromatic carbocycles. The van der Waals surface area contributed by atoms with Gasteiger partial charge in [0.05, 0.1) is 16.6 Å². The van der Waals surface area contributed by atoms with Gasteiger partial charge in [0.1, 0.15) is 0 Å². The Kier molecular flexibility index (Phi) is 8.24. The van der Waals surface area contributed by atoms with E-state index in [1.54, 1.807) is 11.0 Å². The Morgan fingerprint density at radius 2 is 2.00 bits per heavy atom. The number of rotatable bonds is 8. The van der Waals surface area contributed by atoms with Crippen molar-refractivity contribution < 1.29 is 13.8 Å². The van der Waals surface area contributed by atoms with Gasteiger partial charge in [0.25, 0.3) is 0 Å². The van der Waals surface area contributed by atoms with Crippen molar-refractivity contribution in [3.8, 4) is 0 Å². The highest BCUT2D eigenvalue weighted by molar-refractivity contribution is 8.67. The van der Waals surface area contributed by atoms with Crippen LogP contribution in [0.25, 0.3) is 0 Å². The zero-order valence-corrected chi connectivity index (χ0v) is 15.5. The summed E-state index contributed by atoms with van der Waals surface area (Å²) in [5.41, 5.74) is -1.74. The molecule has 0 aliphatic heterocycles. The summed E-state index contributed by atoms with van der Waals surface area (Å²) in [5.74, 6) is 0.355. The van der Waals surface area contributed by atoms with Crippen molar-refractivity contribution >= 4 is 52.1 Å². The van der Waals surface area contributed by atoms with E-state index < -0.39 is 5.69 Å². The molecule has 0 aliphatic rings. The van der Waals surface area contributed by atoms with Crippen LogP contribution in [0.15, 0.2) is 24.3 Å². The van der Waals surface area contributed by atoms with Crippen LogP contribution in [0.1, 0.15) is 19.8 Å². The largest absolute Gasteiger partial charge is 0.325 e. The van der Waals surface area contributed by atoms with Crippen molar-refractivity contribution in [2.24, 2.45) is 0 Å². The second kappa shape index (κ2) is 9.13. The molecule has 0 fully saturated rings. The molecular weight excluding hydrogens is 349 g/mol. The Balaban J connectivity index is 2.97. The van der Waals surface area contributed by atoms with E-state index in [9.17, 15) is 4.79 Å². The molecule has 118 valence electrons. The molecule has 21 heavy (non-hydrogen) atoms. The summed E-state index contributed by atoms with van der Waals surface area (Å²) in [7, 11) is 3.04. The molecule has 0 atom stereocenters. The normalized spacial score (nSPS) is 11.4. The summed E-state index contributed by atoms with van der Waals surface area (Å²) in [6.07, 6.45) is 1.22. The molecule has 1 rings (SSSR count). The molecule has 0 aromatic heterocycles. The van der Waals surface area contributed by atoms with E-state index in [1.165, 1.54) is 25.6 Å². The van der Waals surface area contributed by atoms with Gasteiger partial charge in [-0.15, -0.1) is 0 Å². The molecule has 0 spiro atoms. The lowest BCUT2D eigenvalue weighted by molar-refractivity contribution is -0.118. The van der Waals surface area contributed by atoms with Crippen LogP contribution >= 0.6 is 28.7 Å². The number of hydrogen-bond donors (Lipinski definition) is 0. The van der Waals surface area contributed by atoms with Gasteiger partial charge in [-0.2, -0.15) is 0 Å². The van der Waals surface area contributed by atoms with E-state index >= 15 is 0 Å². The molecule has 1 aromatic rings. The van der Waals surface area contributed by atoms with Gasteiger partial charge in [-0.05, 0) is 41.7 Å². The zero-order valence-electron chi connectivity index (χ0n) is 12.2. The first-order valence-corrected chi connectivity index (χ1v) is 11.0. The molecule has 1 amide bonds. The zero-order chi connectivity index (χ0) is 15.9. The van der Waals surface area contributed by atoms with Crippen LogP contribution in [0.5, 0.6) is 0 Å². The Labute approximate surface area is 140 Å². The van der Waals surface area contributed by atoms with Crippen LogP contribution in [0.3, 0.4) is 0 Å². The van der Waals surface area contributed by atoms with Crippen molar-refractivity contribution in [3.05, 3.63) is 29.3 Å². The summed E-state index contributed by atoms with van der Waals surface area (Å²) < 4.78 is 10.5. The fraction of sp³-hybridized carbons (Fsp3) is 0.462. The molecule has 8 heteroatoms. The third-order valence-electron chi connectivity index (χ3n) is 2.70. The second-order valence-corrected chi connectivity index (χ2v) is 11.0. The Morgan fingerprint density at radius 3 is 2.52 bits per heavy atom. The summed E-state index contributed by atoms with van der Waals surface area (Å²) in [4.78, 5) is 14.0. The van der Waals surface area contributed by atoms with Crippen molar-refractivity contribution in [1.82, 2.24) is 0 Å². The molecule has 0 radical (unpaired) electrons. The fourth-order valence-corrected chi connectivity index (χ4v) is 4.57. The van der Waals surface area contributed by atoms with Crippen LogP contribution < -0.4 is 4.90 Å². The van der Waals surface area contributed by atoms with Gasteiger partial charge in [-0.1, -0.05) is 30.7 Å². The number of carbonyl (C=O) groups is 1. The maximum absolute atomic E-state index is 12.3. The van der Waals surface area contributed by atoms with Crippen LogP contribution in [-0.4, -0.2) is 26.0 Å². The van der Waals surface area contributed by atoms with Crippen molar-refractivity contribution in [2.75, 3.05) is 25.0 Å². The van der Waals surface area contributed by atoms with Gasteiger partial charge in [-0.25, -0.2) is 0 Å². The third-order valence-corrected chi connectivity index (χ3v) is 8.64. The highest BCUT2D eigenvalue weighted by atomic mass is 35.5. The number of benzene rings is 1. The molecule has 0 N–H and O–H groups in total. The van der Waals surface area contributed by atoms with Crippen LogP contribution in [0, 0.1) is 0 Å². The number of amides is 1. The van der Waals surface area contributed by atoms with E-state index in [-0.39, 0.29) is 5.91 Å². The van der Waals surface area contributed by atoms with Crippen molar-refractivity contribution in [3.63, 3.8) is 0 Å². The highest BCUT2D eigenvalue weighted by Gasteiger charge is 2.23. The maximum atomic E-state index is 12.3. The minimum absolute atomic E-state index is 0.00635. The number of carbonyl (C=O) groups excluding carboxylic acids is 1. The fourth-order valence-electron chi connectivity index (χ4n) is 1.60. The van der Waals surface area contributed by atoms with Gasteiger partial charge >= 0.3 is 0 Å². The molecule has 0 aliphatic carbocycles. The molecule has 0 bridgehead atoms. The second-order valence-electron chi connectivity index (χ2n) is 4.09. The minimum atomic E-state index is -2.42. The molecule has 0 saturated heterocycles. The van der Waals surface area contributed by atoms with Crippen LogP contribution in [0.4, 0.5) is 5.69 Å².